The van der Waals surface area contributed by atoms with E-state index in [0.717, 1.165) is 23.3 Å². The molecule has 1 aliphatic rings. The van der Waals surface area contributed by atoms with Crippen LogP contribution in [0.1, 0.15) is 11.1 Å². The number of nitrogens with one attached hydrogen (secondary N) is 1. The summed E-state index contributed by atoms with van der Waals surface area (Å²) in [5.41, 5.74) is 2.88. The molecule has 2 aromatic rings. The maximum atomic E-state index is 4.28. The zero-order chi connectivity index (χ0) is 11.7. The maximum Gasteiger partial charge on any atom is 0.144 e. The molecule has 1 aromatic carbocycles. The summed E-state index contributed by atoms with van der Waals surface area (Å²) < 4.78 is 0.762. The Morgan fingerprint density at radius 3 is 2.35 bits per heavy atom. The van der Waals surface area contributed by atoms with E-state index >= 15 is 0 Å². The number of hydrogen-bond acceptors (Lipinski definition) is 3. The fourth-order valence-corrected chi connectivity index (χ4v) is 2.46. The highest BCUT2D eigenvalue weighted by atomic mass is 79.9. The second kappa shape index (κ2) is 4.45. The molecule has 17 heavy (non-hydrogen) atoms. The summed E-state index contributed by atoms with van der Waals surface area (Å²) in [7, 11) is 0. The van der Waals surface area contributed by atoms with Gasteiger partial charge in [0.1, 0.15) is 10.4 Å². The Morgan fingerprint density at radius 2 is 1.76 bits per heavy atom. The van der Waals surface area contributed by atoms with Crippen molar-refractivity contribution in [2.24, 2.45) is 0 Å². The average Bonchev–Trinajstić information content (AvgIpc) is 2.74. The number of halogens is 1. The lowest BCUT2D eigenvalue weighted by molar-refractivity contribution is 0.767. The van der Waals surface area contributed by atoms with Crippen molar-refractivity contribution in [2.45, 2.75) is 18.9 Å². The SMILES string of the molecule is Brc1cnc(NC2Cc3ccccc3C2)cn1. The molecule has 0 bridgehead atoms. The topological polar surface area (TPSA) is 37.8 Å². The summed E-state index contributed by atoms with van der Waals surface area (Å²) in [5.74, 6) is 0.839. The quantitative estimate of drug-likeness (QED) is 0.924. The summed E-state index contributed by atoms with van der Waals surface area (Å²) >= 11 is 3.28. The van der Waals surface area contributed by atoms with Gasteiger partial charge in [-0.05, 0) is 39.9 Å². The molecule has 3 rings (SSSR count). The van der Waals surface area contributed by atoms with Gasteiger partial charge in [0.05, 0.1) is 12.4 Å². The van der Waals surface area contributed by atoms with Crippen molar-refractivity contribution >= 4 is 21.7 Å². The number of rotatable bonds is 2. The summed E-state index contributed by atoms with van der Waals surface area (Å²) in [6.45, 7) is 0. The molecule has 0 atom stereocenters. The van der Waals surface area contributed by atoms with Crippen molar-refractivity contribution < 1.29 is 0 Å². The van der Waals surface area contributed by atoms with Gasteiger partial charge < -0.3 is 5.32 Å². The van der Waals surface area contributed by atoms with Gasteiger partial charge in [0.15, 0.2) is 0 Å². The third-order valence-corrected chi connectivity index (χ3v) is 3.43. The van der Waals surface area contributed by atoms with E-state index in [1.165, 1.54) is 11.1 Å². The second-order valence-electron chi connectivity index (χ2n) is 4.24. The minimum atomic E-state index is 0.433. The predicted octanol–water partition coefficient (Wildman–Crippen LogP) is 2.82. The lowest BCUT2D eigenvalue weighted by Crippen LogP contribution is -2.20. The molecule has 0 fully saturated rings. The molecule has 3 nitrogen and oxygen atoms in total. The van der Waals surface area contributed by atoms with Crippen LogP contribution in [-0.4, -0.2) is 16.0 Å². The van der Waals surface area contributed by atoms with Gasteiger partial charge in [-0.3, -0.25) is 0 Å². The largest absolute Gasteiger partial charge is 0.365 e. The monoisotopic (exact) mass is 289 g/mol. The van der Waals surface area contributed by atoms with Crippen LogP contribution in [0, 0.1) is 0 Å². The van der Waals surface area contributed by atoms with E-state index < -0.39 is 0 Å². The first kappa shape index (κ1) is 10.7. The molecule has 1 heterocycles. The Hall–Kier alpha value is -1.42. The number of hydrogen-bond donors (Lipinski definition) is 1. The first-order valence-electron chi connectivity index (χ1n) is 5.62. The van der Waals surface area contributed by atoms with Crippen LogP contribution in [-0.2, 0) is 12.8 Å². The molecule has 0 saturated carbocycles. The number of fused-ring (bicyclic) bond motifs is 1. The fraction of sp³-hybridized carbons (Fsp3) is 0.231. The molecule has 86 valence electrons. The first-order chi connectivity index (χ1) is 8.31. The van der Waals surface area contributed by atoms with Gasteiger partial charge in [0, 0.05) is 6.04 Å². The van der Waals surface area contributed by atoms with Crippen LogP contribution in [0.15, 0.2) is 41.3 Å². The Bertz CT molecular complexity index is 499. The minimum Gasteiger partial charge on any atom is -0.365 e. The van der Waals surface area contributed by atoms with Gasteiger partial charge >= 0.3 is 0 Å². The van der Waals surface area contributed by atoms with Gasteiger partial charge in [-0.1, -0.05) is 24.3 Å². The summed E-state index contributed by atoms with van der Waals surface area (Å²) in [4.78, 5) is 8.45. The molecule has 0 saturated heterocycles. The van der Waals surface area contributed by atoms with Crippen LogP contribution in [0.4, 0.5) is 5.82 Å². The molecule has 4 heteroatoms. The minimum absolute atomic E-state index is 0.433. The lowest BCUT2D eigenvalue weighted by atomic mass is 10.1. The molecule has 0 aliphatic heterocycles. The van der Waals surface area contributed by atoms with Crippen LogP contribution in [0.25, 0.3) is 0 Å². The fourth-order valence-electron chi connectivity index (χ4n) is 2.26. The van der Waals surface area contributed by atoms with Crippen molar-refractivity contribution in [3.63, 3.8) is 0 Å². The maximum absolute atomic E-state index is 4.28. The number of anilines is 1. The van der Waals surface area contributed by atoms with Gasteiger partial charge in [0.2, 0.25) is 0 Å². The van der Waals surface area contributed by atoms with Crippen LogP contribution in [0.5, 0.6) is 0 Å². The molecule has 0 unspecified atom stereocenters. The molecule has 1 aliphatic carbocycles. The normalized spacial score (nSPS) is 14.6. The lowest BCUT2D eigenvalue weighted by Gasteiger charge is -2.11. The predicted molar refractivity (Wildman–Crippen MR) is 71.0 cm³/mol. The number of aromatic nitrogens is 2. The van der Waals surface area contributed by atoms with E-state index in [-0.39, 0.29) is 0 Å². The molecular formula is C13H12BrN3. The molecule has 0 spiro atoms. The van der Waals surface area contributed by atoms with Crippen molar-refractivity contribution in [1.29, 1.82) is 0 Å². The molecular weight excluding hydrogens is 278 g/mol. The van der Waals surface area contributed by atoms with Crippen LogP contribution >= 0.6 is 15.9 Å². The Kier molecular flexibility index (Phi) is 2.81. The van der Waals surface area contributed by atoms with Gasteiger partial charge in [-0.2, -0.15) is 0 Å². The second-order valence-corrected chi connectivity index (χ2v) is 5.06. The average molecular weight is 290 g/mol. The van der Waals surface area contributed by atoms with E-state index in [1.54, 1.807) is 12.4 Å². The zero-order valence-electron chi connectivity index (χ0n) is 9.23. The Balaban J connectivity index is 1.71. The van der Waals surface area contributed by atoms with E-state index in [2.05, 4.69) is 55.5 Å². The zero-order valence-corrected chi connectivity index (χ0v) is 10.8. The summed E-state index contributed by atoms with van der Waals surface area (Å²) in [5, 5.41) is 3.42. The molecule has 1 N–H and O–H groups in total. The standard InChI is InChI=1S/C13H12BrN3/c14-12-7-16-13(8-15-12)17-11-5-9-3-1-2-4-10(9)6-11/h1-4,7-8,11H,5-6H2,(H,16,17). The highest BCUT2D eigenvalue weighted by Crippen LogP contribution is 2.23. The van der Waals surface area contributed by atoms with Crippen molar-refractivity contribution in [3.8, 4) is 0 Å². The number of benzene rings is 1. The van der Waals surface area contributed by atoms with E-state index in [9.17, 15) is 0 Å². The first-order valence-corrected chi connectivity index (χ1v) is 6.41. The third-order valence-electron chi connectivity index (χ3n) is 3.02. The highest BCUT2D eigenvalue weighted by molar-refractivity contribution is 9.10. The van der Waals surface area contributed by atoms with Gasteiger partial charge in [-0.15, -0.1) is 0 Å². The van der Waals surface area contributed by atoms with Crippen molar-refractivity contribution in [3.05, 3.63) is 52.4 Å². The summed E-state index contributed by atoms with van der Waals surface area (Å²) in [6, 6.07) is 9.03. The molecule has 1 aromatic heterocycles. The van der Waals surface area contributed by atoms with E-state index in [1.807, 2.05) is 0 Å². The molecule has 0 amide bonds. The van der Waals surface area contributed by atoms with Crippen LogP contribution in [0.2, 0.25) is 0 Å². The van der Waals surface area contributed by atoms with Crippen LogP contribution < -0.4 is 5.32 Å². The smallest absolute Gasteiger partial charge is 0.144 e. The Morgan fingerprint density at radius 1 is 1.06 bits per heavy atom. The highest BCUT2D eigenvalue weighted by Gasteiger charge is 2.20. The van der Waals surface area contributed by atoms with Crippen molar-refractivity contribution in [1.82, 2.24) is 9.97 Å². The summed E-state index contributed by atoms with van der Waals surface area (Å²) in [6.07, 6.45) is 5.60. The van der Waals surface area contributed by atoms with E-state index in [4.69, 9.17) is 0 Å². The van der Waals surface area contributed by atoms with Crippen LogP contribution in [0.3, 0.4) is 0 Å². The van der Waals surface area contributed by atoms with Gasteiger partial charge in [-0.25, -0.2) is 9.97 Å². The van der Waals surface area contributed by atoms with Gasteiger partial charge in [0.25, 0.3) is 0 Å². The third kappa shape index (κ3) is 2.31. The van der Waals surface area contributed by atoms with E-state index in [0.29, 0.717) is 6.04 Å². The molecule has 0 radical (unpaired) electrons. The Labute approximate surface area is 108 Å². The van der Waals surface area contributed by atoms with Crippen molar-refractivity contribution in [2.75, 3.05) is 5.32 Å². The number of nitrogens with zero attached hydrogens (tertiary/aromatic N) is 2.